The van der Waals surface area contributed by atoms with E-state index < -0.39 is 6.04 Å². The van der Waals surface area contributed by atoms with Crippen molar-refractivity contribution in [1.29, 1.82) is 0 Å². The minimum Gasteiger partial charge on any atom is -0.459 e. The SMILES string of the molecule is O=C(OCc1ccccc1)[C@@H](Cc1ccccc1)n1cnnn1. The van der Waals surface area contributed by atoms with Gasteiger partial charge in [-0.15, -0.1) is 5.10 Å². The summed E-state index contributed by atoms with van der Waals surface area (Å²) in [6, 6.07) is 18.7. The fourth-order valence-electron chi connectivity index (χ4n) is 2.26. The molecule has 1 atom stereocenters. The molecule has 6 nitrogen and oxygen atoms in total. The van der Waals surface area contributed by atoms with Gasteiger partial charge in [-0.1, -0.05) is 60.7 Å². The first-order valence-electron chi connectivity index (χ1n) is 7.30. The second-order valence-electron chi connectivity index (χ2n) is 5.09. The summed E-state index contributed by atoms with van der Waals surface area (Å²) >= 11 is 0. The molecule has 23 heavy (non-hydrogen) atoms. The predicted molar refractivity (Wildman–Crippen MR) is 83.2 cm³/mol. The minimum atomic E-state index is -0.587. The summed E-state index contributed by atoms with van der Waals surface area (Å²) in [4.78, 5) is 12.5. The Labute approximate surface area is 133 Å². The fraction of sp³-hybridized carbons (Fsp3) is 0.176. The maximum absolute atomic E-state index is 12.5. The highest BCUT2D eigenvalue weighted by atomic mass is 16.5. The number of esters is 1. The van der Waals surface area contributed by atoms with Crippen molar-refractivity contribution in [2.45, 2.75) is 19.1 Å². The number of carbonyl (C=O) groups is 1. The first-order valence-corrected chi connectivity index (χ1v) is 7.30. The average molecular weight is 308 g/mol. The molecular weight excluding hydrogens is 292 g/mol. The van der Waals surface area contributed by atoms with E-state index in [9.17, 15) is 4.79 Å². The van der Waals surface area contributed by atoms with Gasteiger partial charge in [-0.05, 0) is 21.6 Å². The Bertz CT molecular complexity index is 730. The van der Waals surface area contributed by atoms with Gasteiger partial charge in [0.25, 0.3) is 0 Å². The number of hydrogen-bond acceptors (Lipinski definition) is 5. The van der Waals surface area contributed by atoms with Crippen LogP contribution in [0, 0.1) is 0 Å². The first-order chi connectivity index (χ1) is 11.3. The quantitative estimate of drug-likeness (QED) is 0.653. The third-order valence-corrected chi connectivity index (χ3v) is 3.45. The topological polar surface area (TPSA) is 69.9 Å². The summed E-state index contributed by atoms with van der Waals surface area (Å²) < 4.78 is 6.86. The lowest BCUT2D eigenvalue weighted by molar-refractivity contribution is -0.149. The van der Waals surface area contributed by atoms with Gasteiger partial charge < -0.3 is 4.74 Å². The minimum absolute atomic E-state index is 0.229. The molecule has 0 radical (unpaired) electrons. The number of nitrogens with zero attached hydrogens (tertiary/aromatic N) is 4. The highest BCUT2D eigenvalue weighted by molar-refractivity contribution is 5.74. The van der Waals surface area contributed by atoms with Gasteiger partial charge >= 0.3 is 5.97 Å². The van der Waals surface area contributed by atoms with Crippen molar-refractivity contribution in [3.63, 3.8) is 0 Å². The van der Waals surface area contributed by atoms with Gasteiger partial charge in [-0.3, -0.25) is 0 Å². The van der Waals surface area contributed by atoms with Gasteiger partial charge in [0.05, 0.1) is 0 Å². The van der Waals surface area contributed by atoms with Gasteiger partial charge in [0, 0.05) is 6.42 Å². The fourth-order valence-corrected chi connectivity index (χ4v) is 2.26. The zero-order chi connectivity index (χ0) is 15.9. The van der Waals surface area contributed by atoms with Crippen molar-refractivity contribution in [3.05, 3.63) is 78.1 Å². The number of benzene rings is 2. The molecular formula is C17H16N4O2. The Hall–Kier alpha value is -3.02. The molecule has 0 aliphatic rings. The van der Waals surface area contributed by atoms with Gasteiger partial charge in [0.1, 0.15) is 12.9 Å². The molecule has 0 saturated heterocycles. The molecule has 116 valence electrons. The Kier molecular flexibility index (Phi) is 4.73. The van der Waals surface area contributed by atoms with Crippen LogP contribution in [0.2, 0.25) is 0 Å². The van der Waals surface area contributed by atoms with Crippen LogP contribution in [0.25, 0.3) is 0 Å². The monoisotopic (exact) mass is 308 g/mol. The van der Waals surface area contributed by atoms with Crippen LogP contribution in [0.3, 0.4) is 0 Å². The van der Waals surface area contributed by atoms with Crippen LogP contribution in [0.4, 0.5) is 0 Å². The van der Waals surface area contributed by atoms with Crippen molar-refractivity contribution in [1.82, 2.24) is 20.2 Å². The number of aromatic nitrogens is 4. The van der Waals surface area contributed by atoms with Crippen molar-refractivity contribution in [3.8, 4) is 0 Å². The van der Waals surface area contributed by atoms with Crippen molar-refractivity contribution < 1.29 is 9.53 Å². The molecule has 0 amide bonds. The van der Waals surface area contributed by atoms with Crippen LogP contribution in [-0.2, 0) is 22.6 Å². The first kappa shape index (κ1) is 14.9. The Morgan fingerprint density at radius 1 is 1.00 bits per heavy atom. The third kappa shape index (κ3) is 4.00. The van der Waals surface area contributed by atoms with E-state index in [0.29, 0.717) is 6.42 Å². The molecule has 0 aliphatic heterocycles. The van der Waals surface area contributed by atoms with Gasteiger partial charge in [0.15, 0.2) is 6.04 Å². The van der Waals surface area contributed by atoms with Crippen LogP contribution in [0.15, 0.2) is 67.0 Å². The molecule has 1 aromatic heterocycles. The predicted octanol–water partition coefficient (Wildman–Crippen LogP) is 2.20. The lowest BCUT2D eigenvalue weighted by Crippen LogP contribution is -2.24. The average Bonchev–Trinajstić information content (AvgIpc) is 3.14. The van der Waals surface area contributed by atoms with E-state index in [1.165, 1.54) is 11.0 Å². The van der Waals surface area contributed by atoms with E-state index in [0.717, 1.165) is 11.1 Å². The Balaban J connectivity index is 1.71. The van der Waals surface area contributed by atoms with E-state index in [-0.39, 0.29) is 12.6 Å². The summed E-state index contributed by atoms with van der Waals surface area (Å²) in [5, 5.41) is 11.1. The molecule has 6 heteroatoms. The van der Waals surface area contributed by atoms with Crippen molar-refractivity contribution in [2.24, 2.45) is 0 Å². The normalized spacial score (nSPS) is 11.8. The molecule has 2 aromatic carbocycles. The van der Waals surface area contributed by atoms with Crippen molar-refractivity contribution in [2.75, 3.05) is 0 Å². The van der Waals surface area contributed by atoms with Crippen LogP contribution >= 0.6 is 0 Å². The molecule has 0 spiro atoms. The lowest BCUT2D eigenvalue weighted by atomic mass is 10.1. The van der Waals surface area contributed by atoms with Crippen LogP contribution in [0.1, 0.15) is 17.2 Å². The number of ether oxygens (including phenoxy) is 1. The lowest BCUT2D eigenvalue weighted by Gasteiger charge is -2.15. The molecule has 0 aliphatic carbocycles. The van der Waals surface area contributed by atoms with E-state index in [2.05, 4.69) is 15.5 Å². The second-order valence-corrected chi connectivity index (χ2v) is 5.09. The molecule has 0 saturated carbocycles. The zero-order valence-corrected chi connectivity index (χ0v) is 12.4. The highest BCUT2D eigenvalue weighted by Gasteiger charge is 2.24. The summed E-state index contributed by atoms with van der Waals surface area (Å²) in [5.74, 6) is -0.356. The Morgan fingerprint density at radius 2 is 1.65 bits per heavy atom. The summed E-state index contributed by atoms with van der Waals surface area (Å²) in [6.45, 7) is 0.229. The molecule has 1 heterocycles. The highest BCUT2D eigenvalue weighted by Crippen LogP contribution is 2.15. The number of tetrazole rings is 1. The van der Waals surface area contributed by atoms with E-state index in [1.54, 1.807) is 0 Å². The number of rotatable bonds is 6. The van der Waals surface area contributed by atoms with E-state index in [1.807, 2.05) is 60.7 Å². The maximum Gasteiger partial charge on any atom is 0.331 e. The largest absolute Gasteiger partial charge is 0.459 e. The standard InChI is InChI=1S/C17H16N4O2/c22-17(23-12-15-9-5-2-6-10-15)16(21-13-18-19-20-21)11-14-7-3-1-4-8-14/h1-10,13,16H,11-12H2/t16-/m1/s1. The smallest absolute Gasteiger partial charge is 0.331 e. The van der Waals surface area contributed by atoms with Gasteiger partial charge in [-0.2, -0.15) is 0 Å². The molecule has 0 unspecified atom stereocenters. The summed E-state index contributed by atoms with van der Waals surface area (Å²) in [5.41, 5.74) is 1.96. The summed E-state index contributed by atoms with van der Waals surface area (Å²) in [7, 11) is 0. The number of hydrogen-bond donors (Lipinski definition) is 0. The number of carbonyl (C=O) groups excluding carboxylic acids is 1. The van der Waals surface area contributed by atoms with E-state index in [4.69, 9.17) is 4.74 Å². The molecule has 0 fully saturated rings. The van der Waals surface area contributed by atoms with E-state index >= 15 is 0 Å². The van der Waals surface area contributed by atoms with Crippen LogP contribution < -0.4 is 0 Å². The van der Waals surface area contributed by atoms with Crippen molar-refractivity contribution >= 4 is 5.97 Å². The molecule has 0 bridgehead atoms. The van der Waals surface area contributed by atoms with Crippen LogP contribution in [0.5, 0.6) is 0 Å². The molecule has 3 aromatic rings. The van der Waals surface area contributed by atoms with Crippen LogP contribution in [-0.4, -0.2) is 26.2 Å². The van der Waals surface area contributed by atoms with Gasteiger partial charge in [0.2, 0.25) is 0 Å². The maximum atomic E-state index is 12.5. The molecule has 3 rings (SSSR count). The summed E-state index contributed by atoms with van der Waals surface area (Å²) in [6.07, 6.45) is 1.90. The second kappa shape index (κ2) is 7.31. The van der Waals surface area contributed by atoms with Gasteiger partial charge in [-0.25, -0.2) is 9.48 Å². The zero-order valence-electron chi connectivity index (χ0n) is 12.4. The Morgan fingerprint density at radius 3 is 2.26 bits per heavy atom. The molecule has 0 N–H and O–H groups in total. The third-order valence-electron chi connectivity index (χ3n) is 3.45.